The Morgan fingerprint density at radius 2 is 0.935 bits per heavy atom. The molecule has 0 unspecified atom stereocenters. The van der Waals surface area contributed by atoms with E-state index in [1.165, 1.54) is 24.3 Å². The summed E-state index contributed by atoms with van der Waals surface area (Å²) >= 11 is 0. The van der Waals surface area contributed by atoms with Crippen LogP contribution in [-0.4, -0.2) is 135 Å². The summed E-state index contributed by atoms with van der Waals surface area (Å²) in [5, 5.41) is 10.6. The number of nitro groups is 1. The Labute approximate surface area is 269 Å². The molecule has 46 heavy (non-hydrogen) atoms. The molecule has 0 aromatic heterocycles. The van der Waals surface area contributed by atoms with Crippen LogP contribution >= 0.6 is 0 Å². The van der Waals surface area contributed by atoms with Crippen LogP contribution in [0.15, 0.2) is 24.3 Å². The largest absolute Gasteiger partial charge is 0.513 e. The molecule has 0 aliphatic rings. The van der Waals surface area contributed by atoms with Gasteiger partial charge in [-0.05, 0) is 32.9 Å². The number of benzene rings is 1. The molecule has 0 saturated carbocycles. The summed E-state index contributed by atoms with van der Waals surface area (Å²) in [6.45, 7) is 11.8. The number of carbonyl (C=O) groups is 2. The third-order valence-electron chi connectivity index (χ3n) is 5.17. The zero-order valence-corrected chi connectivity index (χ0v) is 27.1. The minimum atomic E-state index is -0.930. The lowest BCUT2D eigenvalue weighted by Crippen LogP contribution is -2.24. The van der Waals surface area contributed by atoms with Crippen LogP contribution in [0.1, 0.15) is 27.2 Å². The molecule has 1 aromatic carbocycles. The van der Waals surface area contributed by atoms with Crippen LogP contribution in [0.5, 0.6) is 5.75 Å². The Hall–Kier alpha value is -2.96. The van der Waals surface area contributed by atoms with Crippen LogP contribution < -0.4 is 4.74 Å². The number of nitro benzene ring substituents is 1. The third-order valence-corrected chi connectivity index (χ3v) is 5.17. The molecule has 0 N–H and O–H groups in total. The van der Waals surface area contributed by atoms with Gasteiger partial charge in [0.05, 0.1) is 117 Å². The van der Waals surface area contributed by atoms with Gasteiger partial charge in [0.1, 0.15) is 18.0 Å². The Morgan fingerprint density at radius 3 is 1.28 bits per heavy atom. The Morgan fingerprint density at radius 1 is 0.587 bits per heavy atom. The second-order valence-corrected chi connectivity index (χ2v) is 10.2. The van der Waals surface area contributed by atoms with Gasteiger partial charge in [-0.3, -0.25) is 14.9 Å². The van der Waals surface area contributed by atoms with Crippen LogP contribution in [-0.2, 0) is 52.2 Å². The zero-order chi connectivity index (χ0) is 33.7. The van der Waals surface area contributed by atoms with E-state index < -0.39 is 16.7 Å². The molecule has 0 aliphatic carbocycles. The summed E-state index contributed by atoms with van der Waals surface area (Å²) in [5.41, 5.74) is -0.594. The van der Waals surface area contributed by atoms with E-state index in [4.69, 9.17) is 52.1 Å². The molecule has 0 radical (unpaired) electrons. The molecule has 16 nitrogen and oxygen atoms in total. The van der Waals surface area contributed by atoms with Crippen LogP contribution in [0, 0.1) is 10.1 Å². The molecule has 1 rings (SSSR count). The second kappa shape index (κ2) is 27.2. The van der Waals surface area contributed by atoms with Crippen molar-refractivity contribution >= 4 is 17.8 Å². The lowest BCUT2D eigenvalue weighted by Gasteiger charge is -2.19. The molecule has 0 atom stereocenters. The normalized spacial score (nSPS) is 11.4. The fraction of sp³-hybridized carbons (Fsp3) is 0.733. The van der Waals surface area contributed by atoms with E-state index in [2.05, 4.69) is 0 Å². The van der Waals surface area contributed by atoms with Gasteiger partial charge in [0.2, 0.25) is 0 Å². The van der Waals surface area contributed by atoms with Crippen molar-refractivity contribution in [1.82, 2.24) is 0 Å². The number of ether oxygens (including phenoxy) is 11. The maximum atomic E-state index is 11.6. The predicted molar refractivity (Wildman–Crippen MR) is 162 cm³/mol. The summed E-state index contributed by atoms with van der Waals surface area (Å²) < 4.78 is 58.1. The van der Waals surface area contributed by atoms with Gasteiger partial charge in [-0.2, -0.15) is 0 Å². The highest BCUT2D eigenvalue weighted by molar-refractivity contribution is 5.69. The van der Waals surface area contributed by atoms with Gasteiger partial charge in [-0.25, -0.2) is 4.79 Å². The van der Waals surface area contributed by atoms with Gasteiger partial charge in [-0.15, -0.1) is 0 Å². The first kappa shape index (κ1) is 41.1. The van der Waals surface area contributed by atoms with Gasteiger partial charge in [0.25, 0.3) is 5.69 Å². The molecular weight excluding hydrogens is 614 g/mol. The lowest BCUT2D eigenvalue weighted by molar-refractivity contribution is -0.384. The molecule has 0 amide bonds. The highest BCUT2D eigenvalue weighted by Gasteiger charge is 2.15. The number of rotatable bonds is 29. The number of non-ortho nitro benzene ring substituents is 1. The summed E-state index contributed by atoms with van der Waals surface area (Å²) in [7, 11) is 0. The molecular formula is C30H49NO15. The first-order chi connectivity index (χ1) is 22.2. The van der Waals surface area contributed by atoms with E-state index in [0.717, 1.165) is 0 Å². The summed E-state index contributed by atoms with van der Waals surface area (Å²) in [6.07, 6.45) is -0.713. The molecule has 0 bridgehead atoms. The molecule has 0 aliphatic heterocycles. The molecule has 0 fully saturated rings. The van der Waals surface area contributed by atoms with Gasteiger partial charge < -0.3 is 52.1 Å². The Balaban J connectivity index is 1.72. The lowest BCUT2D eigenvalue weighted by atomic mass is 10.2. The minimum absolute atomic E-state index is 0.0115. The average Bonchev–Trinajstić information content (AvgIpc) is 3.00. The monoisotopic (exact) mass is 663 g/mol. The SMILES string of the molecule is CC(C)(C)OC(=O)CCOCCOCCOCCOCCOCCOCCOCCOCCOC(=O)Oc1ccc([N+](=O)[O-])cc1. The quantitative estimate of drug-likeness (QED) is 0.0401. The van der Waals surface area contributed by atoms with Crippen molar-refractivity contribution in [2.75, 3.05) is 112 Å². The topological polar surface area (TPSA) is 179 Å². The number of esters is 1. The number of nitrogens with zero attached hydrogens (tertiary/aromatic N) is 1. The first-order valence-electron chi connectivity index (χ1n) is 15.1. The van der Waals surface area contributed by atoms with E-state index in [0.29, 0.717) is 99.1 Å². The molecule has 0 saturated heterocycles. The summed E-state index contributed by atoms with van der Waals surface area (Å²) in [6, 6.07) is 5.06. The Kier molecular flexibility index (Phi) is 24.3. The smallest absolute Gasteiger partial charge is 0.460 e. The fourth-order valence-corrected chi connectivity index (χ4v) is 3.14. The van der Waals surface area contributed by atoms with Gasteiger partial charge in [0, 0.05) is 12.1 Å². The van der Waals surface area contributed by atoms with Crippen molar-refractivity contribution < 1.29 is 66.6 Å². The van der Waals surface area contributed by atoms with Gasteiger partial charge in [0.15, 0.2) is 0 Å². The van der Waals surface area contributed by atoms with E-state index in [1.807, 2.05) is 20.8 Å². The van der Waals surface area contributed by atoms with Crippen molar-refractivity contribution in [3.05, 3.63) is 34.4 Å². The fourth-order valence-electron chi connectivity index (χ4n) is 3.14. The van der Waals surface area contributed by atoms with Crippen LogP contribution in [0.25, 0.3) is 0 Å². The van der Waals surface area contributed by atoms with Gasteiger partial charge in [-0.1, -0.05) is 0 Å². The molecule has 0 heterocycles. The summed E-state index contributed by atoms with van der Waals surface area (Å²) in [5.74, 6) is -0.140. The highest BCUT2D eigenvalue weighted by atomic mass is 16.7. The maximum absolute atomic E-state index is 11.6. The van der Waals surface area contributed by atoms with Crippen molar-refractivity contribution in [3.8, 4) is 5.75 Å². The van der Waals surface area contributed by atoms with E-state index in [9.17, 15) is 19.7 Å². The van der Waals surface area contributed by atoms with E-state index in [1.54, 1.807) is 0 Å². The predicted octanol–water partition coefficient (Wildman–Crippen LogP) is 2.97. The maximum Gasteiger partial charge on any atom is 0.513 e. The summed E-state index contributed by atoms with van der Waals surface area (Å²) in [4.78, 5) is 33.2. The second-order valence-electron chi connectivity index (χ2n) is 10.2. The van der Waals surface area contributed by atoms with Crippen molar-refractivity contribution in [1.29, 1.82) is 0 Å². The third kappa shape index (κ3) is 26.3. The standard InChI is InChI=1S/C30H49NO15/c1-30(2,3)46-28(32)8-9-36-10-11-37-12-13-38-14-15-39-16-17-40-18-19-41-20-21-42-22-23-43-24-25-44-29(33)45-27-6-4-26(5-7-27)31(34)35/h4-7H,8-25H2,1-3H3. The van der Waals surface area contributed by atoms with Crippen molar-refractivity contribution in [2.45, 2.75) is 32.8 Å². The zero-order valence-electron chi connectivity index (χ0n) is 27.1. The highest BCUT2D eigenvalue weighted by Crippen LogP contribution is 2.17. The van der Waals surface area contributed by atoms with E-state index in [-0.39, 0.29) is 37.0 Å². The van der Waals surface area contributed by atoms with Gasteiger partial charge >= 0.3 is 12.1 Å². The Bertz CT molecular complexity index is 924. The average molecular weight is 664 g/mol. The molecule has 1 aromatic rings. The van der Waals surface area contributed by atoms with Crippen LogP contribution in [0.2, 0.25) is 0 Å². The van der Waals surface area contributed by atoms with Crippen LogP contribution in [0.4, 0.5) is 10.5 Å². The van der Waals surface area contributed by atoms with E-state index >= 15 is 0 Å². The molecule has 0 spiro atoms. The number of carbonyl (C=O) groups excluding carboxylic acids is 2. The van der Waals surface area contributed by atoms with Crippen LogP contribution in [0.3, 0.4) is 0 Å². The van der Waals surface area contributed by atoms with Crippen molar-refractivity contribution in [3.63, 3.8) is 0 Å². The number of hydrogen-bond donors (Lipinski definition) is 0. The molecule has 16 heteroatoms. The number of hydrogen-bond acceptors (Lipinski definition) is 15. The first-order valence-corrected chi connectivity index (χ1v) is 15.1. The minimum Gasteiger partial charge on any atom is -0.460 e. The molecule has 264 valence electrons. The van der Waals surface area contributed by atoms with Crippen molar-refractivity contribution in [2.24, 2.45) is 0 Å².